The van der Waals surface area contributed by atoms with Crippen LogP contribution in [0.25, 0.3) is 21.9 Å². The number of nitrogens with one attached hydrogen (secondary N) is 3. The van der Waals surface area contributed by atoms with Crippen LogP contribution in [0.2, 0.25) is 0 Å². The molecular formula is C21H20N4O4S. The molecule has 9 heteroatoms. The minimum atomic E-state index is -0.361. The van der Waals surface area contributed by atoms with E-state index in [0.717, 1.165) is 16.5 Å². The lowest BCUT2D eigenvalue weighted by Gasteiger charge is -2.09. The molecule has 4 rings (SSSR count). The van der Waals surface area contributed by atoms with Gasteiger partial charge in [0.1, 0.15) is 23.6 Å². The van der Waals surface area contributed by atoms with Crippen LogP contribution >= 0.6 is 12.2 Å². The molecule has 0 spiro atoms. The molecule has 2 heterocycles. The first-order valence-electron chi connectivity index (χ1n) is 9.22. The first kappa shape index (κ1) is 19.7. The van der Waals surface area contributed by atoms with Gasteiger partial charge < -0.3 is 24.8 Å². The van der Waals surface area contributed by atoms with E-state index in [1.165, 1.54) is 4.57 Å². The van der Waals surface area contributed by atoms with E-state index in [2.05, 4.69) is 15.3 Å². The van der Waals surface area contributed by atoms with Crippen LogP contribution in [0.1, 0.15) is 5.56 Å². The number of fused-ring (bicyclic) bond motifs is 3. The maximum atomic E-state index is 13.0. The molecule has 0 saturated heterocycles. The number of H-pyrrole nitrogens is 2. The number of amides is 1. The Morgan fingerprint density at radius 3 is 2.60 bits per heavy atom. The number of hydrogen-bond acceptors (Lipinski definition) is 5. The van der Waals surface area contributed by atoms with E-state index in [0.29, 0.717) is 29.1 Å². The predicted molar refractivity (Wildman–Crippen MR) is 117 cm³/mol. The van der Waals surface area contributed by atoms with Crippen molar-refractivity contribution in [1.29, 1.82) is 0 Å². The van der Waals surface area contributed by atoms with Crippen LogP contribution in [0.5, 0.6) is 11.5 Å². The average molecular weight is 424 g/mol. The molecule has 8 nitrogen and oxygen atoms in total. The van der Waals surface area contributed by atoms with E-state index in [9.17, 15) is 9.59 Å². The number of methoxy groups -OCH3 is 2. The van der Waals surface area contributed by atoms with Crippen molar-refractivity contribution in [3.05, 3.63) is 63.2 Å². The summed E-state index contributed by atoms with van der Waals surface area (Å²) >= 11 is 5.35. The lowest BCUT2D eigenvalue weighted by molar-refractivity contribution is -0.121. The van der Waals surface area contributed by atoms with Crippen LogP contribution in [-0.4, -0.2) is 34.7 Å². The molecular weight excluding hydrogens is 404 g/mol. The number of carbonyl (C=O) groups excluding carboxylic acids is 1. The molecule has 0 bridgehead atoms. The molecule has 0 aliphatic heterocycles. The molecule has 2 aromatic carbocycles. The zero-order chi connectivity index (χ0) is 21.3. The fourth-order valence-electron chi connectivity index (χ4n) is 3.32. The zero-order valence-electron chi connectivity index (χ0n) is 16.4. The maximum Gasteiger partial charge on any atom is 0.279 e. The standard InChI is InChI=1S/C21H20N4O4S/c1-28-13-5-3-4-12(8-13)10-22-17(26)11-25-20(27)19-18(24-21(25)30)15-9-14(29-2)6-7-16(15)23-19/h3-9,23H,10-11H2,1-2H3,(H,22,26)(H,24,30). The highest BCUT2D eigenvalue weighted by molar-refractivity contribution is 7.71. The first-order valence-corrected chi connectivity index (χ1v) is 9.63. The van der Waals surface area contributed by atoms with Crippen molar-refractivity contribution in [2.75, 3.05) is 14.2 Å². The molecule has 0 aliphatic rings. The Labute approximate surface area is 176 Å². The van der Waals surface area contributed by atoms with Gasteiger partial charge >= 0.3 is 0 Å². The van der Waals surface area contributed by atoms with Crippen LogP contribution in [0.4, 0.5) is 0 Å². The van der Waals surface area contributed by atoms with E-state index in [1.54, 1.807) is 20.3 Å². The fraction of sp³-hybridized carbons (Fsp3) is 0.190. The van der Waals surface area contributed by atoms with E-state index >= 15 is 0 Å². The number of ether oxygens (including phenoxy) is 2. The van der Waals surface area contributed by atoms with E-state index in [-0.39, 0.29) is 22.8 Å². The van der Waals surface area contributed by atoms with E-state index in [4.69, 9.17) is 21.7 Å². The highest BCUT2D eigenvalue weighted by Gasteiger charge is 2.14. The Morgan fingerprint density at radius 2 is 1.83 bits per heavy atom. The molecule has 0 unspecified atom stereocenters. The lowest BCUT2D eigenvalue weighted by Crippen LogP contribution is -2.33. The third kappa shape index (κ3) is 3.67. The zero-order valence-corrected chi connectivity index (χ0v) is 17.3. The van der Waals surface area contributed by atoms with Gasteiger partial charge in [-0.25, -0.2) is 0 Å². The summed E-state index contributed by atoms with van der Waals surface area (Å²) in [5.74, 6) is 1.06. The van der Waals surface area contributed by atoms with Crippen molar-refractivity contribution in [3.8, 4) is 11.5 Å². The molecule has 154 valence electrons. The highest BCUT2D eigenvalue weighted by atomic mass is 32.1. The molecule has 0 atom stereocenters. The van der Waals surface area contributed by atoms with Gasteiger partial charge in [-0.2, -0.15) is 0 Å². The summed E-state index contributed by atoms with van der Waals surface area (Å²) in [6.45, 7) is 0.127. The summed E-state index contributed by atoms with van der Waals surface area (Å²) in [5, 5.41) is 3.60. The number of hydrogen-bond donors (Lipinski definition) is 3. The Balaban J connectivity index is 1.60. The van der Waals surface area contributed by atoms with Crippen LogP contribution in [0.3, 0.4) is 0 Å². The Morgan fingerprint density at radius 1 is 1.07 bits per heavy atom. The van der Waals surface area contributed by atoms with Gasteiger partial charge in [-0.05, 0) is 48.1 Å². The maximum absolute atomic E-state index is 13.0. The number of carbonyl (C=O) groups is 1. The summed E-state index contributed by atoms with van der Waals surface area (Å²) in [7, 11) is 3.16. The lowest BCUT2D eigenvalue weighted by atomic mass is 10.2. The Hall–Kier alpha value is -3.59. The van der Waals surface area contributed by atoms with Crippen molar-refractivity contribution in [3.63, 3.8) is 0 Å². The number of aromatic nitrogens is 3. The van der Waals surface area contributed by atoms with Crippen molar-refractivity contribution < 1.29 is 14.3 Å². The highest BCUT2D eigenvalue weighted by Crippen LogP contribution is 2.25. The van der Waals surface area contributed by atoms with Crippen LogP contribution in [-0.2, 0) is 17.9 Å². The van der Waals surface area contributed by atoms with Gasteiger partial charge in [-0.15, -0.1) is 0 Å². The normalized spacial score (nSPS) is 11.0. The van der Waals surface area contributed by atoms with Crippen molar-refractivity contribution in [2.24, 2.45) is 0 Å². The van der Waals surface area contributed by atoms with Gasteiger partial charge in [0.15, 0.2) is 4.77 Å². The summed E-state index contributed by atoms with van der Waals surface area (Å²) in [4.78, 5) is 31.6. The van der Waals surface area contributed by atoms with Gasteiger partial charge in [0, 0.05) is 17.4 Å². The first-order chi connectivity index (χ1) is 14.5. The average Bonchev–Trinajstić information content (AvgIpc) is 3.13. The molecule has 30 heavy (non-hydrogen) atoms. The second-order valence-electron chi connectivity index (χ2n) is 6.74. The summed E-state index contributed by atoms with van der Waals surface area (Å²) in [6.07, 6.45) is 0. The van der Waals surface area contributed by atoms with Crippen molar-refractivity contribution >= 4 is 40.1 Å². The Bertz CT molecular complexity index is 1370. The molecule has 2 aromatic heterocycles. The van der Waals surface area contributed by atoms with E-state index in [1.807, 2.05) is 36.4 Å². The largest absolute Gasteiger partial charge is 0.497 e. The van der Waals surface area contributed by atoms with Crippen molar-refractivity contribution in [2.45, 2.75) is 13.1 Å². The molecule has 0 radical (unpaired) electrons. The molecule has 0 aliphatic carbocycles. The number of aromatic amines is 2. The monoisotopic (exact) mass is 424 g/mol. The number of benzene rings is 2. The van der Waals surface area contributed by atoms with Gasteiger partial charge in [0.25, 0.3) is 5.56 Å². The Kier molecular flexibility index (Phi) is 5.28. The number of rotatable bonds is 6. The quantitative estimate of drug-likeness (QED) is 0.413. The fourth-order valence-corrected chi connectivity index (χ4v) is 3.57. The summed E-state index contributed by atoms with van der Waals surface area (Å²) in [6, 6.07) is 12.8. The van der Waals surface area contributed by atoms with Crippen LogP contribution in [0.15, 0.2) is 47.3 Å². The third-order valence-corrected chi connectivity index (χ3v) is 5.19. The van der Waals surface area contributed by atoms with Gasteiger partial charge in [0.2, 0.25) is 5.91 Å². The molecule has 3 N–H and O–H groups in total. The van der Waals surface area contributed by atoms with Crippen LogP contribution in [0, 0.1) is 4.77 Å². The van der Waals surface area contributed by atoms with Gasteiger partial charge in [-0.1, -0.05) is 12.1 Å². The van der Waals surface area contributed by atoms with Gasteiger partial charge in [-0.3, -0.25) is 14.2 Å². The minimum absolute atomic E-state index is 0.174. The van der Waals surface area contributed by atoms with Crippen LogP contribution < -0.4 is 20.3 Å². The summed E-state index contributed by atoms with van der Waals surface area (Å²) in [5.41, 5.74) is 2.24. The minimum Gasteiger partial charge on any atom is -0.497 e. The summed E-state index contributed by atoms with van der Waals surface area (Å²) < 4.78 is 11.9. The second kappa shape index (κ2) is 8.03. The molecule has 0 fully saturated rings. The molecule has 4 aromatic rings. The smallest absolute Gasteiger partial charge is 0.279 e. The SMILES string of the molecule is COc1cccc(CNC(=O)Cn2c(=S)[nH]c3c([nH]c4ccc(OC)cc43)c2=O)c1. The van der Waals surface area contributed by atoms with Gasteiger partial charge in [0.05, 0.1) is 19.7 Å². The van der Waals surface area contributed by atoms with E-state index < -0.39 is 0 Å². The van der Waals surface area contributed by atoms with Crippen molar-refractivity contribution in [1.82, 2.24) is 19.9 Å². The molecule has 0 saturated carbocycles. The number of nitrogens with zero attached hydrogens (tertiary/aromatic N) is 1. The topological polar surface area (TPSA) is 101 Å². The molecule has 1 amide bonds. The second-order valence-corrected chi connectivity index (χ2v) is 7.12. The predicted octanol–water partition coefficient (Wildman–Crippen LogP) is 2.87. The third-order valence-electron chi connectivity index (χ3n) is 4.87.